The van der Waals surface area contributed by atoms with Gasteiger partial charge in [-0.25, -0.2) is 0 Å². The molecule has 3 rings (SSSR count). The van der Waals surface area contributed by atoms with Crippen LogP contribution in [0.5, 0.6) is 5.75 Å². The number of hydrogen-bond donors (Lipinski definition) is 1. The monoisotopic (exact) mass is 399 g/mol. The number of ether oxygens (including phenoxy) is 1. The van der Waals surface area contributed by atoms with Gasteiger partial charge in [-0.1, -0.05) is 20.7 Å². The van der Waals surface area contributed by atoms with E-state index in [4.69, 9.17) is 4.74 Å². The molecule has 1 amide bonds. The number of benzene rings is 1. The van der Waals surface area contributed by atoms with Gasteiger partial charge < -0.3 is 19.9 Å². The highest BCUT2D eigenvalue weighted by atomic mass is 31.1. The SMILES string of the molecule is C/C=C(\PC1C(C)=CC(N2CCNCC2)=CN1C=O)c1ccc(OC)c(C)c1. The molecular formula is C22H30N3O2P. The quantitative estimate of drug-likeness (QED) is 0.587. The summed E-state index contributed by atoms with van der Waals surface area (Å²) in [4.78, 5) is 16.1. The molecule has 1 aromatic rings. The zero-order valence-corrected chi connectivity index (χ0v) is 18.2. The Morgan fingerprint density at radius 3 is 2.64 bits per heavy atom. The summed E-state index contributed by atoms with van der Waals surface area (Å²) in [6.45, 7) is 10.2. The van der Waals surface area contributed by atoms with E-state index in [0.717, 1.165) is 49.6 Å². The number of nitrogens with one attached hydrogen (secondary N) is 1. The molecule has 1 aromatic carbocycles. The molecule has 2 aliphatic heterocycles. The summed E-state index contributed by atoms with van der Waals surface area (Å²) >= 11 is 0. The molecule has 0 aliphatic carbocycles. The average molecular weight is 399 g/mol. The summed E-state index contributed by atoms with van der Waals surface area (Å²) in [5.74, 6) is 0.965. The lowest BCUT2D eigenvalue weighted by atomic mass is 10.1. The van der Waals surface area contributed by atoms with E-state index in [9.17, 15) is 4.79 Å². The third-order valence-electron chi connectivity index (χ3n) is 5.28. The van der Waals surface area contributed by atoms with Crippen LogP contribution in [0.15, 0.2) is 47.8 Å². The maximum atomic E-state index is 11.9. The molecule has 0 aromatic heterocycles. The molecule has 5 nitrogen and oxygen atoms in total. The molecule has 0 saturated carbocycles. The third-order valence-corrected chi connectivity index (χ3v) is 7.19. The van der Waals surface area contributed by atoms with Gasteiger partial charge >= 0.3 is 0 Å². The predicted octanol–water partition coefficient (Wildman–Crippen LogP) is 3.53. The highest BCUT2D eigenvalue weighted by Gasteiger charge is 2.25. The van der Waals surface area contributed by atoms with Crippen LogP contribution < -0.4 is 10.1 Å². The lowest BCUT2D eigenvalue weighted by molar-refractivity contribution is -0.116. The van der Waals surface area contributed by atoms with E-state index in [0.29, 0.717) is 8.58 Å². The van der Waals surface area contributed by atoms with E-state index in [-0.39, 0.29) is 5.78 Å². The number of piperazine rings is 1. The number of methoxy groups -OCH3 is 1. The minimum Gasteiger partial charge on any atom is -0.496 e. The van der Waals surface area contributed by atoms with Crippen LogP contribution >= 0.6 is 8.58 Å². The predicted molar refractivity (Wildman–Crippen MR) is 118 cm³/mol. The lowest BCUT2D eigenvalue weighted by Gasteiger charge is -2.37. The van der Waals surface area contributed by atoms with Gasteiger partial charge in [-0.2, -0.15) is 0 Å². The largest absolute Gasteiger partial charge is 0.496 e. The average Bonchev–Trinajstić information content (AvgIpc) is 2.73. The maximum absolute atomic E-state index is 11.9. The van der Waals surface area contributed by atoms with Crippen molar-refractivity contribution in [3.63, 3.8) is 0 Å². The van der Waals surface area contributed by atoms with Crippen molar-refractivity contribution in [1.29, 1.82) is 0 Å². The topological polar surface area (TPSA) is 44.8 Å². The zero-order valence-electron chi connectivity index (χ0n) is 17.2. The van der Waals surface area contributed by atoms with Crippen molar-refractivity contribution in [3.8, 4) is 5.75 Å². The summed E-state index contributed by atoms with van der Waals surface area (Å²) in [5.41, 5.74) is 4.67. The molecular weight excluding hydrogens is 369 g/mol. The number of allylic oxidation sites excluding steroid dienone is 2. The van der Waals surface area contributed by atoms with Crippen LogP contribution in [0.25, 0.3) is 5.31 Å². The van der Waals surface area contributed by atoms with Crippen molar-refractivity contribution in [2.24, 2.45) is 0 Å². The van der Waals surface area contributed by atoms with E-state index in [2.05, 4.69) is 55.3 Å². The maximum Gasteiger partial charge on any atom is 0.214 e. The highest BCUT2D eigenvalue weighted by molar-refractivity contribution is 7.51. The van der Waals surface area contributed by atoms with Gasteiger partial charge in [0.1, 0.15) is 5.75 Å². The Morgan fingerprint density at radius 1 is 1.29 bits per heavy atom. The first kappa shape index (κ1) is 20.6. The molecule has 2 heterocycles. The smallest absolute Gasteiger partial charge is 0.214 e. The van der Waals surface area contributed by atoms with Crippen molar-refractivity contribution in [1.82, 2.24) is 15.1 Å². The number of amides is 1. The van der Waals surface area contributed by atoms with Crippen LogP contribution in [0.4, 0.5) is 0 Å². The molecule has 0 spiro atoms. The summed E-state index contributed by atoms with van der Waals surface area (Å²) in [7, 11) is 2.18. The minimum atomic E-state index is 0.0674. The van der Waals surface area contributed by atoms with E-state index < -0.39 is 0 Å². The fourth-order valence-electron chi connectivity index (χ4n) is 3.71. The molecule has 1 fully saturated rings. The Morgan fingerprint density at radius 2 is 2.04 bits per heavy atom. The van der Waals surface area contributed by atoms with Crippen LogP contribution in [0, 0.1) is 6.92 Å². The molecule has 0 bridgehead atoms. The van der Waals surface area contributed by atoms with Gasteiger partial charge in [-0.3, -0.25) is 4.79 Å². The molecule has 28 heavy (non-hydrogen) atoms. The second kappa shape index (κ2) is 9.40. The summed E-state index contributed by atoms with van der Waals surface area (Å²) in [6.07, 6.45) is 7.37. The molecule has 2 unspecified atom stereocenters. The molecule has 2 atom stereocenters. The molecule has 1 N–H and O–H groups in total. The van der Waals surface area contributed by atoms with Crippen molar-refractivity contribution >= 4 is 20.3 Å². The second-order valence-corrected chi connectivity index (χ2v) is 8.54. The summed E-state index contributed by atoms with van der Waals surface area (Å²) in [6, 6.07) is 6.28. The van der Waals surface area contributed by atoms with Gasteiger partial charge in [0.05, 0.1) is 18.6 Å². The van der Waals surface area contributed by atoms with E-state index >= 15 is 0 Å². The first-order chi connectivity index (χ1) is 13.6. The number of rotatable bonds is 6. The summed E-state index contributed by atoms with van der Waals surface area (Å²) in [5, 5.41) is 4.63. The fourth-order valence-corrected chi connectivity index (χ4v) is 5.09. The van der Waals surface area contributed by atoms with Crippen LogP contribution in [0.2, 0.25) is 0 Å². The number of aryl methyl sites for hydroxylation is 1. The molecule has 1 saturated heterocycles. The van der Waals surface area contributed by atoms with Crippen LogP contribution in [0.3, 0.4) is 0 Å². The highest BCUT2D eigenvalue weighted by Crippen LogP contribution is 2.44. The first-order valence-corrected chi connectivity index (χ1v) is 10.8. The van der Waals surface area contributed by atoms with Gasteiger partial charge in [-0.15, -0.1) is 0 Å². The number of carbonyl (C=O) groups excluding carboxylic acids is 1. The number of nitrogens with zero attached hydrogens (tertiary/aromatic N) is 2. The van der Waals surface area contributed by atoms with Gasteiger partial charge in [0.25, 0.3) is 0 Å². The fraction of sp³-hybridized carbons (Fsp3) is 0.409. The normalized spacial score (nSPS) is 21.0. The Labute approximate surface area is 169 Å². The molecule has 6 heteroatoms. The second-order valence-electron chi connectivity index (χ2n) is 7.17. The lowest BCUT2D eigenvalue weighted by Crippen LogP contribution is -2.44. The van der Waals surface area contributed by atoms with Gasteiger partial charge in [-0.05, 0) is 61.0 Å². The number of carbonyl (C=O) groups is 1. The Hall–Kier alpha value is -2.10. The first-order valence-electron chi connectivity index (χ1n) is 9.73. The molecule has 0 radical (unpaired) electrons. The van der Waals surface area contributed by atoms with Gasteiger partial charge in [0, 0.05) is 32.4 Å². The number of hydrogen-bond acceptors (Lipinski definition) is 4. The summed E-state index contributed by atoms with van der Waals surface area (Å²) < 4.78 is 5.39. The van der Waals surface area contributed by atoms with Crippen molar-refractivity contribution in [3.05, 3.63) is 58.9 Å². The van der Waals surface area contributed by atoms with Crippen molar-refractivity contribution in [2.45, 2.75) is 26.6 Å². The van der Waals surface area contributed by atoms with E-state index in [1.54, 1.807) is 7.11 Å². The van der Waals surface area contributed by atoms with Crippen LogP contribution in [0.1, 0.15) is 25.0 Å². The molecule has 2 aliphatic rings. The van der Waals surface area contributed by atoms with Crippen LogP contribution in [-0.2, 0) is 4.79 Å². The third kappa shape index (κ3) is 4.48. The van der Waals surface area contributed by atoms with E-state index in [1.165, 1.54) is 16.5 Å². The minimum absolute atomic E-state index is 0.0674. The zero-order chi connectivity index (χ0) is 20.1. The van der Waals surface area contributed by atoms with Crippen molar-refractivity contribution < 1.29 is 9.53 Å². The van der Waals surface area contributed by atoms with Crippen molar-refractivity contribution in [2.75, 3.05) is 33.3 Å². The molecule has 150 valence electrons. The van der Waals surface area contributed by atoms with Gasteiger partial charge in [0.2, 0.25) is 6.41 Å². The Kier molecular flexibility index (Phi) is 6.93. The standard InChI is InChI=1S/C22H30N3O2P/c1-5-21(18-6-7-20(27-4)16(2)12-18)28-22-17(3)13-19(14-25(22)15-26)24-10-8-23-9-11-24/h5-7,12-15,22-23,28H,8-11H2,1-4H3/b21-5-. The Bertz CT molecular complexity index is 810. The van der Waals surface area contributed by atoms with E-state index in [1.807, 2.05) is 17.2 Å². The Balaban J connectivity index is 1.80. The van der Waals surface area contributed by atoms with Crippen LogP contribution in [-0.4, -0.2) is 55.3 Å². The van der Waals surface area contributed by atoms with Gasteiger partial charge in [0.15, 0.2) is 0 Å².